The van der Waals surface area contributed by atoms with E-state index >= 15 is 0 Å². The molecule has 5 nitrogen and oxygen atoms in total. The van der Waals surface area contributed by atoms with Crippen LogP contribution in [0.15, 0.2) is 115 Å². The summed E-state index contributed by atoms with van der Waals surface area (Å²) in [5.74, 6) is -0.343. The van der Waals surface area contributed by atoms with Crippen LogP contribution in [0.5, 0.6) is 0 Å². The van der Waals surface area contributed by atoms with Crippen molar-refractivity contribution >= 4 is 28.6 Å². The number of hydrogen-bond donors (Lipinski definition) is 0. The number of anilines is 3. The molecule has 0 radical (unpaired) electrons. The van der Waals surface area contributed by atoms with Crippen molar-refractivity contribution in [2.75, 3.05) is 55.0 Å². The van der Waals surface area contributed by atoms with E-state index in [0.717, 1.165) is 65.3 Å². The molecule has 1 unspecified atom stereocenters. The largest absolute Gasteiger partial charge is 0.441 e. The Morgan fingerprint density at radius 1 is 0.711 bits per heavy atom. The van der Waals surface area contributed by atoms with Crippen LogP contribution in [-0.4, -0.2) is 46.2 Å². The first-order valence-electron chi connectivity index (χ1n) is 16.0. The summed E-state index contributed by atoms with van der Waals surface area (Å²) in [4.78, 5) is 20.5. The molecule has 0 bridgehead atoms. The maximum Gasteiger partial charge on any atom is 0.340 e. The van der Waals surface area contributed by atoms with Gasteiger partial charge in [0.2, 0.25) is 0 Å². The Labute approximate surface area is 269 Å². The molecule has 0 saturated carbocycles. The maximum atomic E-state index is 13.8. The number of esters is 1. The normalized spacial score (nSPS) is 15.2. The number of benzene rings is 4. The predicted molar refractivity (Wildman–Crippen MR) is 190 cm³/mol. The summed E-state index contributed by atoms with van der Waals surface area (Å²) < 4.78 is 6.61. The molecule has 45 heavy (non-hydrogen) atoms. The van der Waals surface area contributed by atoms with E-state index in [9.17, 15) is 4.79 Å². The van der Waals surface area contributed by atoms with Gasteiger partial charge in [0.05, 0.1) is 5.56 Å². The number of cyclic esters (lactones) is 1. The van der Waals surface area contributed by atoms with Crippen LogP contribution in [0.4, 0.5) is 17.1 Å². The Morgan fingerprint density at radius 2 is 1.20 bits per heavy atom. The minimum atomic E-state index is -1.19. The van der Waals surface area contributed by atoms with E-state index in [-0.39, 0.29) is 5.97 Å². The zero-order chi connectivity index (χ0) is 32.1. The average Bonchev–Trinajstić information content (AvgIpc) is 3.38. The highest BCUT2D eigenvalue weighted by Gasteiger charge is 2.50. The second-order valence-corrected chi connectivity index (χ2v) is 11.5. The third-order valence-electron chi connectivity index (χ3n) is 8.97. The van der Waals surface area contributed by atoms with Gasteiger partial charge in [0.1, 0.15) is 0 Å². The molecule has 4 aromatic rings. The summed E-state index contributed by atoms with van der Waals surface area (Å²) in [5.41, 5.74) is 8.21. The van der Waals surface area contributed by atoms with Crippen LogP contribution in [0, 0.1) is 0 Å². The number of nitrogens with zero attached hydrogens (tertiary/aromatic N) is 3. The topological polar surface area (TPSA) is 36.0 Å². The Hall–Kier alpha value is -4.77. The van der Waals surface area contributed by atoms with Crippen molar-refractivity contribution in [2.45, 2.75) is 33.3 Å². The first kappa shape index (κ1) is 31.6. The average molecular weight is 600 g/mol. The molecule has 0 N–H and O–H groups in total. The molecule has 0 aromatic heterocycles. The Kier molecular flexibility index (Phi) is 9.48. The molecular weight excluding hydrogens is 554 g/mol. The van der Waals surface area contributed by atoms with Crippen LogP contribution in [0.2, 0.25) is 0 Å². The van der Waals surface area contributed by atoms with Crippen molar-refractivity contribution in [3.8, 4) is 0 Å². The van der Waals surface area contributed by atoms with Gasteiger partial charge in [-0.3, -0.25) is 0 Å². The summed E-state index contributed by atoms with van der Waals surface area (Å²) in [6.45, 7) is 16.8. The first-order valence-corrected chi connectivity index (χ1v) is 16.0. The van der Waals surface area contributed by atoms with Crippen LogP contribution in [0.3, 0.4) is 0 Å². The van der Waals surface area contributed by atoms with E-state index in [2.05, 4.69) is 98.7 Å². The zero-order valence-electron chi connectivity index (χ0n) is 27.5. The van der Waals surface area contributed by atoms with Crippen molar-refractivity contribution in [1.29, 1.82) is 0 Å². The standard InChI is InChI=1S/C40H45N3O2/c1-8-36(40(31-16-14-13-15-17-31)37-27-26-34(41(6)7)28-35(37)39(44)45-40)38(29-18-22-32(23-19-29)42(9-2)10-3)30-20-24-33(25-21-30)43(11-4)12-5/h8,13-28H,1,9-12H2,2-7H3. The van der Waals surface area contributed by atoms with Gasteiger partial charge in [0.25, 0.3) is 0 Å². The number of carbonyl (C=O) groups is 1. The second-order valence-electron chi connectivity index (χ2n) is 11.5. The molecule has 4 aromatic carbocycles. The van der Waals surface area contributed by atoms with Gasteiger partial charge in [0.15, 0.2) is 5.60 Å². The van der Waals surface area contributed by atoms with Gasteiger partial charge in [-0.25, -0.2) is 4.79 Å². The smallest absolute Gasteiger partial charge is 0.340 e. The van der Waals surface area contributed by atoms with E-state index in [4.69, 9.17) is 4.74 Å². The quantitative estimate of drug-likeness (QED) is 0.120. The fraction of sp³-hybridized carbons (Fsp3) is 0.275. The Balaban J connectivity index is 1.84. The van der Waals surface area contributed by atoms with Gasteiger partial charge in [-0.2, -0.15) is 0 Å². The monoisotopic (exact) mass is 599 g/mol. The van der Waals surface area contributed by atoms with E-state index in [0.29, 0.717) is 5.56 Å². The van der Waals surface area contributed by atoms with Gasteiger partial charge in [-0.05, 0) is 80.8 Å². The van der Waals surface area contributed by atoms with Crippen LogP contribution < -0.4 is 14.7 Å². The first-order chi connectivity index (χ1) is 21.8. The molecule has 1 aliphatic rings. The lowest BCUT2D eigenvalue weighted by Crippen LogP contribution is -2.31. The molecule has 0 saturated heterocycles. The van der Waals surface area contributed by atoms with Crippen molar-refractivity contribution in [2.24, 2.45) is 0 Å². The highest BCUT2D eigenvalue weighted by Crippen LogP contribution is 2.51. The molecule has 5 heteroatoms. The van der Waals surface area contributed by atoms with E-state index in [1.165, 1.54) is 11.4 Å². The molecule has 1 heterocycles. The Bertz CT molecular complexity index is 1610. The Morgan fingerprint density at radius 3 is 1.64 bits per heavy atom. The van der Waals surface area contributed by atoms with Gasteiger partial charge < -0.3 is 19.4 Å². The molecule has 1 aliphatic heterocycles. The fourth-order valence-corrected chi connectivity index (χ4v) is 6.53. The minimum absolute atomic E-state index is 0.343. The molecule has 0 spiro atoms. The number of carbonyl (C=O) groups excluding carboxylic acids is 1. The van der Waals surface area contributed by atoms with Crippen molar-refractivity contribution in [1.82, 2.24) is 0 Å². The maximum absolute atomic E-state index is 13.8. The summed E-state index contributed by atoms with van der Waals surface area (Å²) in [6.07, 6.45) is 1.88. The molecule has 232 valence electrons. The summed E-state index contributed by atoms with van der Waals surface area (Å²) in [6, 6.07) is 33.5. The van der Waals surface area contributed by atoms with Crippen LogP contribution in [0.25, 0.3) is 5.57 Å². The molecule has 0 fully saturated rings. The third-order valence-corrected chi connectivity index (χ3v) is 8.97. The minimum Gasteiger partial charge on any atom is -0.441 e. The summed E-state index contributed by atoms with van der Waals surface area (Å²) >= 11 is 0. The summed E-state index contributed by atoms with van der Waals surface area (Å²) in [5, 5.41) is 0. The number of rotatable bonds is 12. The fourth-order valence-electron chi connectivity index (χ4n) is 6.53. The van der Waals surface area contributed by atoms with Gasteiger partial charge in [-0.15, -0.1) is 0 Å². The van der Waals surface area contributed by atoms with Crippen LogP contribution >= 0.6 is 0 Å². The second kappa shape index (κ2) is 13.5. The molecule has 1 atom stereocenters. The number of hydrogen-bond acceptors (Lipinski definition) is 5. The highest BCUT2D eigenvalue weighted by molar-refractivity contribution is 5.99. The van der Waals surface area contributed by atoms with Gasteiger partial charge >= 0.3 is 5.97 Å². The molecular formula is C40H45N3O2. The van der Waals surface area contributed by atoms with Gasteiger partial charge in [0, 0.05) is 74.0 Å². The zero-order valence-corrected chi connectivity index (χ0v) is 27.5. The highest BCUT2D eigenvalue weighted by atomic mass is 16.6. The van der Waals surface area contributed by atoms with Crippen molar-refractivity contribution in [3.63, 3.8) is 0 Å². The lowest BCUT2D eigenvalue weighted by atomic mass is 9.75. The van der Waals surface area contributed by atoms with Crippen molar-refractivity contribution < 1.29 is 9.53 Å². The predicted octanol–water partition coefficient (Wildman–Crippen LogP) is 8.55. The van der Waals surface area contributed by atoms with E-state index in [1.54, 1.807) is 0 Å². The van der Waals surface area contributed by atoms with Crippen LogP contribution in [0.1, 0.15) is 60.3 Å². The number of fused-ring (bicyclic) bond motifs is 1. The molecule has 0 aliphatic carbocycles. The van der Waals surface area contributed by atoms with Gasteiger partial charge in [-0.1, -0.05) is 73.3 Å². The molecule has 0 amide bonds. The lowest BCUT2D eigenvalue weighted by molar-refractivity contribution is 0.0251. The van der Waals surface area contributed by atoms with E-state index in [1.807, 2.05) is 67.5 Å². The SMILES string of the molecule is C=CC(=C(c1ccc(N(CC)CC)cc1)c1ccc(N(CC)CC)cc1)C1(c2ccccc2)OC(=O)c2cc(N(C)C)ccc21. The lowest BCUT2D eigenvalue weighted by Gasteiger charge is -2.33. The van der Waals surface area contributed by atoms with Crippen molar-refractivity contribution in [3.05, 3.63) is 143 Å². The van der Waals surface area contributed by atoms with Crippen LogP contribution in [-0.2, 0) is 10.3 Å². The summed E-state index contributed by atoms with van der Waals surface area (Å²) in [7, 11) is 3.95. The third kappa shape index (κ3) is 5.75. The molecule has 5 rings (SSSR count). The van der Waals surface area contributed by atoms with E-state index < -0.39 is 5.60 Å². The number of ether oxygens (including phenoxy) is 1.